The highest BCUT2D eigenvalue weighted by molar-refractivity contribution is 9.10. The van der Waals surface area contributed by atoms with E-state index in [9.17, 15) is 13.2 Å². The van der Waals surface area contributed by atoms with Crippen LogP contribution in [-0.2, 0) is 9.05 Å². The fourth-order valence-electron chi connectivity index (χ4n) is 1.57. The van der Waals surface area contributed by atoms with Crippen LogP contribution in [0.4, 0.5) is 5.69 Å². The minimum Gasteiger partial charge on any atom is -0.322 e. The molecule has 0 spiro atoms. The van der Waals surface area contributed by atoms with Crippen molar-refractivity contribution in [1.29, 1.82) is 0 Å². The summed E-state index contributed by atoms with van der Waals surface area (Å²) in [5.74, 6) is -0.394. The van der Waals surface area contributed by atoms with Crippen LogP contribution in [0.3, 0.4) is 0 Å². The van der Waals surface area contributed by atoms with Crippen LogP contribution in [0.1, 0.15) is 10.4 Å². The van der Waals surface area contributed by atoms with E-state index in [0.717, 1.165) is 4.47 Å². The molecule has 0 atom stereocenters. The van der Waals surface area contributed by atoms with E-state index in [-0.39, 0.29) is 4.90 Å². The SMILES string of the molecule is O=C(Nc1ccc(S(=O)(=O)Cl)cc1)c1ccc(Br)cc1Cl. The average Bonchev–Trinajstić information content (AvgIpc) is 2.38. The smallest absolute Gasteiger partial charge is 0.261 e. The van der Waals surface area contributed by atoms with Crippen LogP contribution in [0.15, 0.2) is 51.8 Å². The van der Waals surface area contributed by atoms with E-state index in [1.54, 1.807) is 18.2 Å². The first kappa shape index (κ1) is 16.3. The van der Waals surface area contributed by atoms with Crippen molar-refractivity contribution in [2.24, 2.45) is 0 Å². The molecule has 1 N–H and O–H groups in total. The molecule has 0 heterocycles. The zero-order valence-electron chi connectivity index (χ0n) is 10.3. The maximum Gasteiger partial charge on any atom is 0.261 e. The summed E-state index contributed by atoms with van der Waals surface area (Å²) < 4.78 is 23.0. The lowest BCUT2D eigenvalue weighted by Gasteiger charge is -2.07. The number of hydrogen-bond donors (Lipinski definition) is 1. The predicted octanol–water partition coefficient (Wildman–Crippen LogP) is 4.28. The lowest BCUT2D eigenvalue weighted by molar-refractivity contribution is 0.102. The molecule has 2 aromatic carbocycles. The van der Waals surface area contributed by atoms with Crippen LogP contribution in [-0.4, -0.2) is 14.3 Å². The lowest BCUT2D eigenvalue weighted by Crippen LogP contribution is -2.12. The van der Waals surface area contributed by atoms with Crippen molar-refractivity contribution in [3.63, 3.8) is 0 Å². The number of hydrogen-bond acceptors (Lipinski definition) is 3. The average molecular weight is 409 g/mol. The van der Waals surface area contributed by atoms with Crippen LogP contribution < -0.4 is 5.32 Å². The molecule has 2 aromatic rings. The lowest BCUT2D eigenvalue weighted by atomic mass is 10.2. The number of benzene rings is 2. The van der Waals surface area contributed by atoms with Gasteiger partial charge in [-0.3, -0.25) is 4.79 Å². The Morgan fingerprint density at radius 2 is 1.71 bits per heavy atom. The Morgan fingerprint density at radius 1 is 1.10 bits per heavy atom. The van der Waals surface area contributed by atoms with Gasteiger partial charge < -0.3 is 5.32 Å². The van der Waals surface area contributed by atoms with E-state index in [4.69, 9.17) is 22.3 Å². The Morgan fingerprint density at radius 3 is 2.24 bits per heavy atom. The van der Waals surface area contributed by atoms with Crippen molar-refractivity contribution < 1.29 is 13.2 Å². The van der Waals surface area contributed by atoms with Crippen LogP contribution in [0.5, 0.6) is 0 Å². The van der Waals surface area contributed by atoms with E-state index in [0.29, 0.717) is 16.3 Å². The molecule has 4 nitrogen and oxygen atoms in total. The Hall–Kier alpha value is -1.08. The molecule has 2 rings (SSSR count). The molecule has 21 heavy (non-hydrogen) atoms. The highest BCUT2D eigenvalue weighted by Crippen LogP contribution is 2.23. The molecule has 0 aromatic heterocycles. The number of nitrogens with one attached hydrogen (secondary N) is 1. The fraction of sp³-hybridized carbons (Fsp3) is 0. The van der Waals surface area contributed by atoms with Gasteiger partial charge >= 0.3 is 0 Å². The summed E-state index contributed by atoms with van der Waals surface area (Å²) in [5, 5.41) is 2.93. The highest BCUT2D eigenvalue weighted by atomic mass is 79.9. The minimum atomic E-state index is -3.78. The number of rotatable bonds is 3. The summed E-state index contributed by atoms with van der Waals surface area (Å²) in [6.07, 6.45) is 0. The molecular formula is C13H8BrCl2NO3S. The highest BCUT2D eigenvalue weighted by Gasteiger charge is 2.12. The molecule has 0 fully saturated rings. The summed E-state index contributed by atoms with van der Waals surface area (Å²) in [6, 6.07) is 10.4. The topological polar surface area (TPSA) is 63.2 Å². The van der Waals surface area contributed by atoms with Gasteiger partial charge in [0.15, 0.2) is 0 Å². The third-order valence-electron chi connectivity index (χ3n) is 2.57. The normalized spacial score (nSPS) is 11.2. The molecule has 0 saturated carbocycles. The van der Waals surface area contributed by atoms with E-state index in [1.165, 1.54) is 24.3 Å². The van der Waals surface area contributed by atoms with Crippen LogP contribution in [0, 0.1) is 0 Å². The maximum absolute atomic E-state index is 12.1. The molecule has 0 radical (unpaired) electrons. The Bertz CT molecular complexity index is 792. The van der Waals surface area contributed by atoms with Gasteiger partial charge in [-0.05, 0) is 42.5 Å². The number of carbonyl (C=O) groups excluding carboxylic acids is 1. The number of amides is 1. The van der Waals surface area contributed by atoms with E-state index in [2.05, 4.69) is 21.2 Å². The molecular weight excluding hydrogens is 401 g/mol. The third-order valence-corrected chi connectivity index (χ3v) is 4.75. The van der Waals surface area contributed by atoms with E-state index < -0.39 is 15.0 Å². The molecule has 0 saturated heterocycles. The second-order valence-electron chi connectivity index (χ2n) is 4.04. The van der Waals surface area contributed by atoms with Gasteiger partial charge in [-0.2, -0.15) is 0 Å². The van der Waals surface area contributed by atoms with Crippen molar-refractivity contribution >= 4 is 58.9 Å². The summed E-state index contributed by atoms with van der Waals surface area (Å²) in [4.78, 5) is 12.0. The van der Waals surface area contributed by atoms with Gasteiger partial charge in [-0.25, -0.2) is 8.42 Å². The summed E-state index contributed by atoms with van der Waals surface area (Å²) in [5.41, 5.74) is 0.747. The Labute approximate surface area is 139 Å². The van der Waals surface area contributed by atoms with Gasteiger partial charge in [0.25, 0.3) is 15.0 Å². The van der Waals surface area contributed by atoms with Gasteiger partial charge in [0, 0.05) is 20.8 Å². The molecule has 0 aliphatic carbocycles. The van der Waals surface area contributed by atoms with Crippen molar-refractivity contribution in [3.05, 3.63) is 57.5 Å². The summed E-state index contributed by atoms with van der Waals surface area (Å²) in [6.45, 7) is 0. The second kappa shape index (κ2) is 6.36. The second-order valence-corrected chi connectivity index (χ2v) is 7.93. The number of halogens is 3. The monoisotopic (exact) mass is 407 g/mol. The van der Waals surface area contributed by atoms with E-state index in [1.807, 2.05) is 0 Å². The first-order valence-corrected chi connectivity index (χ1v) is 9.06. The Kier molecular flexibility index (Phi) is 4.93. The zero-order valence-corrected chi connectivity index (χ0v) is 14.2. The maximum atomic E-state index is 12.1. The molecule has 8 heteroatoms. The molecule has 0 aliphatic rings. The van der Waals surface area contributed by atoms with Gasteiger partial charge in [-0.1, -0.05) is 27.5 Å². The largest absolute Gasteiger partial charge is 0.322 e. The van der Waals surface area contributed by atoms with Gasteiger partial charge in [-0.15, -0.1) is 0 Å². The number of carbonyl (C=O) groups is 1. The molecule has 0 aliphatic heterocycles. The molecule has 0 unspecified atom stereocenters. The van der Waals surface area contributed by atoms with Crippen LogP contribution >= 0.6 is 38.2 Å². The van der Waals surface area contributed by atoms with Crippen molar-refractivity contribution in [2.45, 2.75) is 4.90 Å². The minimum absolute atomic E-state index is 0.0381. The van der Waals surface area contributed by atoms with Gasteiger partial charge in [0.1, 0.15) is 0 Å². The van der Waals surface area contributed by atoms with Crippen molar-refractivity contribution in [3.8, 4) is 0 Å². The Balaban J connectivity index is 2.20. The summed E-state index contributed by atoms with van der Waals surface area (Å²) >= 11 is 9.24. The van der Waals surface area contributed by atoms with Crippen LogP contribution in [0.2, 0.25) is 5.02 Å². The fourth-order valence-corrected chi connectivity index (χ4v) is 3.10. The van der Waals surface area contributed by atoms with Crippen molar-refractivity contribution in [2.75, 3.05) is 5.32 Å². The van der Waals surface area contributed by atoms with E-state index >= 15 is 0 Å². The number of anilines is 1. The molecule has 0 bridgehead atoms. The summed E-state index contributed by atoms with van der Waals surface area (Å²) in [7, 11) is 1.43. The van der Waals surface area contributed by atoms with Crippen molar-refractivity contribution in [1.82, 2.24) is 0 Å². The predicted molar refractivity (Wildman–Crippen MR) is 86.6 cm³/mol. The van der Waals surface area contributed by atoms with Crippen LogP contribution in [0.25, 0.3) is 0 Å². The zero-order chi connectivity index (χ0) is 15.6. The molecule has 110 valence electrons. The first-order valence-electron chi connectivity index (χ1n) is 5.58. The first-order chi connectivity index (χ1) is 9.77. The quantitative estimate of drug-likeness (QED) is 0.770. The van der Waals surface area contributed by atoms with Gasteiger partial charge in [0.05, 0.1) is 15.5 Å². The molecule has 1 amide bonds. The third kappa shape index (κ3) is 4.20. The standard InChI is InChI=1S/C13H8BrCl2NO3S/c14-8-1-6-11(12(15)7-8)13(18)17-9-2-4-10(5-3-9)21(16,19)20/h1-7H,(H,17,18). The van der Waals surface area contributed by atoms with Gasteiger partial charge in [0.2, 0.25) is 0 Å².